The third kappa shape index (κ3) is 4.54. The van der Waals surface area contributed by atoms with E-state index in [1.807, 2.05) is 16.3 Å². The quantitative estimate of drug-likeness (QED) is 0.760. The highest BCUT2D eigenvalue weighted by atomic mass is 32.2. The SMILES string of the molecule is O=C(Cc1csc(SCc2ccccc2F)n1)N1CCCCC1. The Balaban J connectivity index is 1.53. The van der Waals surface area contributed by atoms with Gasteiger partial charge >= 0.3 is 0 Å². The van der Waals surface area contributed by atoms with E-state index >= 15 is 0 Å². The molecule has 1 aliphatic rings. The van der Waals surface area contributed by atoms with Gasteiger partial charge in [-0.3, -0.25) is 4.79 Å². The number of thiazole rings is 1. The zero-order valence-corrected chi connectivity index (χ0v) is 14.5. The van der Waals surface area contributed by atoms with Crippen molar-refractivity contribution in [2.45, 2.75) is 35.8 Å². The average molecular weight is 350 g/mol. The summed E-state index contributed by atoms with van der Waals surface area (Å²) in [7, 11) is 0. The number of hydrogen-bond acceptors (Lipinski definition) is 4. The summed E-state index contributed by atoms with van der Waals surface area (Å²) in [4.78, 5) is 18.7. The van der Waals surface area contributed by atoms with Gasteiger partial charge < -0.3 is 4.90 Å². The summed E-state index contributed by atoms with van der Waals surface area (Å²) in [6.45, 7) is 1.75. The number of benzene rings is 1. The second-order valence-corrected chi connectivity index (χ2v) is 7.68. The number of carbonyl (C=O) groups excluding carboxylic acids is 1. The highest BCUT2D eigenvalue weighted by Gasteiger charge is 2.18. The van der Waals surface area contributed by atoms with Crippen LogP contribution in [0.2, 0.25) is 0 Å². The number of rotatable bonds is 5. The molecule has 1 aliphatic heterocycles. The van der Waals surface area contributed by atoms with Crippen LogP contribution in [0.1, 0.15) is 30.5 Å². The van der Waals surface area contributed by atoms with Crippen LogP contribution in [-0.2, 0) is 17.0 Å². The van der Waals surface area contributed by atoms with Crippen LogP contribution in [0.4, 0.5) is 4.39 Å². The van der Waals surface area contributed by atoms with Gasteiger partial charge in [0.05, 0.1) is 12.1 Å². The average Bonchev–Trinajstić information content (AvgIpc) is 3.02. The Morgan fingerprint density at radius 3 is 2.83 bits per heavy atom. The van der Waals surface area contributed by atoms with Crippen LogP contribution in [0.15, 0.2) is 34.0 Å². The van der Waals surface area contributed by atoms with Gasteiger partial charge in [0.25, 0.3) is 0 Å². The molecule has 0 saturated carbocycles. The van der Waals surface area contributed by atoms with E-state index < -0.39 is 0 Å². The molecule has 0 bridgehead atoms. The van der Waals surface area contributed by atoms with Gasteiger partial charge in [-0.05, 0) is 30.9 Å². The maximum Gasteiger partial charge on any atom is 0.228 e. The van der Waals surface area contributed by atoms with E-state index in [-0.39, 0.29) is 11.7 Å². The Morgan fingerprint density at radius 1 is 1.26 bits per heavy atom. The molecule has 0 atom stereocenters. The molecule has 1 amide bonds. The highest BCUT2D eigenvalue weighted by molar-refractivity contribution is 8.00. The fourth-order valence-electron chi connectivity index (χ4n) is 2.60. The first kappa shape index (κ1) is 16.5. The predicted octanol–water partition coefficient (Wildman–Crippen LogP) is 4.13. The Bertz CT molecular complexity index is 668. The molecule has 1 fully saturated rings. The molecule has 0 N–H and O–H groups in total. The van der Waals surface area contributed by atoms with Crippen molar-refractivity contribution in [2.24, 2.45) is 0 Å². The Kier molecular flexibility index (Phi) is 5.67. The minimum atomic E-state index is -0.183. The highest BCUT2D eigenvalue weighted by Crippen LogP contribution is 2.27. The molecule has 122 valence electrons. The maximum absolute atomic E-state index is 13.6. The van der Waals surface area contributed by atoms with Gasteiger partial charge in [0.1, 0.15) is 10.2 Å². The number of aromatic nitrogens is 1. The molecule has 3 nitrogen and oxygen atoms in total. The first-order chi connectivity index (χ1) is 11.2. The monoisotopic (exact) mass is 350 g/mol. The van der Waals surface area contributed by atoms with E-state index in [2.05, 4.69) is 4.98 Å². The zero-order valence-electron chi connectivity index (χ0n) is 12.8. The molecule has 23 heavy (non-hydrogen) atoms. The van der Waals surface area contributed by atoms with Crippen LogP contribution < -0.4 is 0 Å². The van der Waals surface area contributed by atoms with Crippen LogP contribution in [0, 0.1) is 5.82 Å². The van der Waals surface area contributed by atoms with Crippen molar-refractivity contribution in [1.29, 1.82) is 0 Å². The minimum Gasteiger partial charge on any atom is -0.342 e. The number of amides is 1. The Hall–Kier alpha value is -1.40. The topological polar surface area (TPSA) is 33.2 Å². The number of hydrogen-bond donors (Lipinski definition) is 0. The minimum absolute atomic E-state index is 0.167. The van der Waals surface area contributed by atoms with E-state index in [0.717, 1.165) is 36.0 Å². The fraction of sp³-hybridized carbons (Fsp3) is 0.412. The van der Waals surface area contributed by atoms with Crippen molar-refractivity contribution in [1.82, 2.24) is 9.88 Å². The third-order valence-electron chi connectivity index (χ3n) is 3.88. The van der Waals surface area contributed by atoms with Gasteiger partial charge in [0.15, 0.2) is 0 Å². The number of thioether (sulfide) groups is 1. The van der Waals surface area contributed by atoms with Crippen molar-refractivity contribution < 1.29 is 9.18 Å². The van der Waals surface area contributed by atoms with Gasteiger partial charge in [0.2, 0.25) is 5.91 Å². The van der Waals surface area contributed by atoms with Crippen molar-refractivity contribution in [3.8, 4) is 0 Å². The molecule has 0 radical (unpaired) electrons. The molecule has 0 unspecified atom stereocenters. The lowest BCUT2D eigenvalue weighted by molar-refractivity contribution is -0.131. The van der Waals surface area contributed by atoms with Gasteiger partial charge in [-0.1, -0.05) is 30.0 Å². The number of piperidine rings is 1. The molecule has 1 aromatic carbocycles. The van der Waals surface area contributed by atoms with Crippen LogP contribution in [0.5, 0.6) is 0 Å². The van der Waals surface area contributed by atoms with Crippen LogP contribution in [0.3, 0.4) is 0 Å². The molecule has 2 heterocycles. The standard InChI is InChI=1S/C17H19FN2OS2/c18-15-7-3-2-6-13(15)11-22-17-19-14(12-23-17)10-16(21)20-8-4-1-5-9-20/h2-3,6-7,12H,1,4-5,8-11H2. The van der Waals surface area contributed by atoms with E-state index in [1.165, 1.54) is 35.6 Å². The lowest BCUT2D eigenvalue weighted by Gasteiger charge is -2.26. The first-order valence-corrected chi connectivity index (χ1v) is 9.67. The van der Waals surface area contributed by atoms with Gasteiger partial charge in [-0.25, -0.2) is 9.37 Å². The summed E-state index contributed by atoms with van der Waals surface area (Å²) in [6.07, 6.45) is 3.80. The van der Waals surface area contributed by atoms with Crippen molar-refractivity contribution >= 4 is 29.0 Å². The molecule has 3 rings (SSSR count). The Morgan fingerprint density at radius 2 is 2.04 bits per heavy atom. The lowest BCUT2D eigenvalue weighted by Crippen LogP contribution is -2.36. The van der Waals surface area contributed by atoms with E-state index in [9.17, 15) is 9.18 Å². The smallest absolute Gasteiger partial charge is 0.228 e. The largest absolute Gasteiger partial charge is 0.342 e. The number of nitrogens with zero attached hydrogens (tertiary/aromatic N) is 2. The Labute approximate surface area is 143 Å². The van der Waals surface area contributed by atoms with Crippen molar-refractivity contribution in [3.05, 3.63) is 46.7 Å². The summed E-state index contributed by atoms with van der Waals surface area (Å²) in [6, 6.07) is 6.79. The molecular weight excluding hydrogens is 331 g/mol. The second-order valence-electron chi connectivity index (χ2n) is 5.60. The second kappa shape index (κ2) is 7.93. The molecular formula is C17H19FN2OS2. The van der Waals surface area contributed by atoms with Crippen molar-refractivity contribution in [2.75, 3.05) is 13.1 Å². The molecule has 0 aliphatic carbocycles. The number of likely N-dealkylation sites (tertiary alicyclic amines) is 1. The van der Waals surface area contributed by atoms with Crippen LogP contribution in [0.25, 0.3) is 0 Å². The molecule has 1 saturated heterocycles. The van der Waals surface area contributed by atoms with E-state index in [1.54, 1.807) is 12.1 Å². The van der Waals surface area contributed by atoms with Crippen LogP contribution >= 0.6 is 23.1 Å². The third-order valence-corrected chi connectivity index (χ3v) is 6.00. The molecule has 6 heteroatoms. The lowest BCUT2D eigenvalue weighted by atomic mass is 10.1. The summed E-state index contributed by atoms with van der Waals surface area (Å²) in [5, 5.41) is 1.94. The molecule has 0 spiro atoms. The maximum atomic E-state index is 13.6. The first-order valence-electron chi connectivity index (χ1n) is 7.81. The predicted molar refractivity (Wildman–Crippen MR) is 92.2 cm³/mol. The summed E-state index contributed by atoms with van der Waals surface area (Å²) in [5.41, 5.74) is 1.50. The summed E-state index contributed by atoms with van der Waals surface area (Å²) < 4.78 is 14.5. The van der Waals surface area contributed by atoms with Crippen molar-refractivity contribution in [3.63, 3.8) is 0 Å². The van der Waals surface area contributed by atoms with Gasteiger partial charge in [-0.2, -0.15) is 0 Å². The van der Waals surface area contributed by atoms with E-state index in [4.69, 9.17) is 0 Å². The van der Waals surface area contributed by atoms with E-state index in [0.29, 0.717) is 17.7 Å². The summed E-state index contributed by atoms with van der Waals surface area (Å²) in [5.74, 6) is 0.539. The summed E-state index contributed by atoms with van der Waals surface area (Å²) >= 11 is 3.04. The number of halogens is 1. The fourth-order valence-corrected chi connectivity index (χ4v) is 4.43. The normalized spacial score (nSPS) is 14.9. The van der Waals surface area contributed by atoms with Gasteiger partial charge in [0, 0.05) is 24.2 Å². The zero-order chi connectivity index (χ0) is 16.1. The van der Waals surface area contributed by atoms with Crippen LogP contribution in [-0.4, -0.2) is 28.9 Å². The molecule has 2 aromatic rings. The molecule has 1 aromatic heterocycles. The number of carbonyl (C=O) groups is 1. The van der Waals surface area contributed by atoms with Gasteiger partial charge in [-0.15, -0.1) is 11.3 Å².